The third-order valence-electron chi connectivity index (χ3n) is 3.07. The van der Waals surface area contributed by atoms with Crippen molar-refractivity contribution in [2.24, 2.45) is 5.92 Å². The summed E-state index contributed by atoms with van der Waals surface area (Å²) in [6, 6.07) is 4.25. The molecule has 0 saturated carbocycles. The Hall–Kier alpha value is -1.39. The van der Waals surface area contributed by atoms with E-state index in [0.29, 0.717) is 5.56 Å². The van der Waals surface area contributed by atoms with E-state index in [0.717, 1.165) is 4.31 Å². The molecule has 0 radical (unpaired) electrons. The van der Waals surface area contributed by atoms with Gasteiger partial charge in [0.2, 0.25) is 0 Å². The molecular formula is C15H25ClN2O6S. The average molecular weight is 397 g/mol. The Morgan fingerprint density at radius 2 is 1.88 bits per heavy atom. The first-order chi connectivity index (χ1) is 11.1. The molecule has 1 aromatic carbocycles. The van der Waals surface area contributed by atoms with Gasteiger partial charge in [-0.3, -0.25) is 4.79 Å². The van der Waals surface area contributed by atoms with Crippen molar-refractivity contribution in [2.45, 2.75) is 20.0 Å². The number of likely N-dealkylation sites (N-methyl/N-ethyl adjacent to an activating group) is 1. The van der Waals surface area contributed by atoms with Gasteiger partial charge in [-0.2, -0.15) is 12.7 Å². The minimum Gasteiger partial charge on any atom is -0.422 e. The molecule has 1 atom stereocenters. The van der Waals surface area contributed by atoms with Crippen molar-refractivity contribution in [2.75, 3.05) is 27.7 Å². The quantitative estimate of drug-likeness (QED) is 0.500. The molecule has 0 spiro atoms. The summed E-state index contributed by atoms with van der Waals surface area (Å²) in [6.07, 6.45) is -0.842. The van der Waals surface area contributed by atoms with E-state index in [1.807, 2.05) is 0 Å². The van der Waals surface area contributed by atoms with E-state index in [1.54, 1.807) is 20.9 Å². The first-order valence-electron chi connectivity index (χ1n) is 7.38. The van der Waals surface area contributed by atoms with E-state index >= 15 is 0 Å². The summed E-state index contributed by atoms with van der Waals surface area (Å²) in [6.45, 7) is 3.59. The summed E-state index contributed by atoms with van der Waals surface area (Å²) < 4.78 is 34.9. The molecule has 0 aliphatic carbocycles. The first-order valence-corrected chi connectivity index (χ1v) is 8.75. The zero-order valence-electron chi connectivity index (χ0n) is 14.8. The van der Waals surface area contributed by atoms with Gasteiger partial charge >= 0.3 is 16.3 Å². The number of esters is 1. The molecule has 0 amide bonds. The SMILES string of the molecule is CNCC(O)c1ccc(OS(=O)(=O)N(C)C)c(OC(=O)C(C)C)c1.Cl. The van der Waals surface area contributed by atoms with E-state index in [4.69, 9.17) is 8.92 Å². The Kier molecular flexibility index (Phi) is 9.38. The molecule has 2 N–H and O–H groups in total. The highest BCUT2D eigenvalue weighted by molar-refractivity contribution is 7.84. The van der Waals surface area contributed by atoms with Gasteiger partial charge < -0.3 is 19.3 Å². The lowest BCUT2D eigenvalue weighted by Crippen LogP contribution is -2.27. The van der Waals surface area contributed by atoms with Crippen molar-refractivity contribution >= 4 is 28.7 Å². The van der Waals surface area contributed by atoms with Crippen LogP contribution >= 0.6 is 12.4 Å². The van der Waals surface area contributed by atoms with Crippen LogP contribution in [0.2, 0.25) is 0 Å². The Balaban J connectivity index is 0.00000576. The predicted octanol–water partition coefficient (Wildman–Crippen LogP) is 1.11. The number of hydrogen-bond donors (Lipinski definition) is 2. The van der Waals surface area contributed by atoms with Crippen LogP contribution in [-0.2, 0) is 15.1 Å². The molecule has 0 aliphatic rings. The molecule has 0 aromatic heterocycles. The molecule has 1 aromatic rings. The number of carbonyl (C=O) groups is 1. The van der Waals surface area contributed by atoms with Crippen molar-refractivity contribution in [1.29, 1.82) is 0 Å². The molecule has 0 aliphatic heterocycles. The van der Waals surface area contributed by atoms with Gasteiger partial charge in [0.05, 0.1) is 12.0 Å². The van der Waals surface area contributed by atoms with Crippen molar-refractivity contribution in [3.8, 4) is 11.5 Å². The molecule has 0 bridgehead atoms. The number of carbonyl (C=O) groups excluding carboxylic acids is 1. The van der Waals surface area contributed by atoms with Gasteiger partial charge in [0.1, 0.15) is 0 Å². The minimum atomic E-state index is -4.01. The number of aliphatic hydroxyl groups is 1. The second kappa shape index (κ2) is 9.93. The number of nitrogens with one attached hydrogen (secondary N) is 1. The Morgan fingerprint density at radius 3 is 2.36 bits per heavy atom. The second-order valence-corrected chi connectivity index (χ2v) is 7.43. The van der Waals surface area contributed by atoms with Crippen LogP contribution in [0.5, 0.6) is 11.5 Å². The smallest absolute Gasteiger partial charge is 0.384 e. The summed E-state index contributed by atoms with van der Waals surface area (Å²) in [4.78, 5) is 11.9. The number of benzene rings is 1. The maximum Gasteiger partial charge on any atom is 0.384 e. The fourth-order valence-corrected chi connectivity index (χ4v) is 2.12. The zero-order valence-corrected chi connectivity index (χ0v) is 16.5. The maximum atomic E-state index is 11.9. The minimum absolute atomic E-state index is 0. The summed E-state index contributed by atoms with van der Waals surface area (Å²) in [5.41, 5.74) is 0.463. The number of nitrogens with zero attached hydrogens (tertiary/aromatic N) is 1. The Labute approximate surface area is 154 Å². The fraction of sp³-hybridized carbons (Fsp3) is 0.533. The summed E-state index contributed by atoms with van der Waals surface area (Å²) in [7, 11) is 0.318. The van der Waals surface area contributed by atoms with E-state index in [-0.39, 0.29) is 30.5 Å². The van der Waals surface area contributed by atoms with Gasteiger partial charge in [0.15, 0.2) is 11.5 Å². The largest absolute Gasteiger partial charge is 0.422 e. The van der Waals surface area contributed by atoms with E-state index < -0.39 is 28.3 Å². The monoisotopic (exact) mass is 396 g/mol. The number of halogens is 1. The topological polar surface area (TPSA) is 105 Å². The molecule has 10 heteroatoms. The predicted molar refractivity (Wildman–Crippen MR) is 96.3 cm³/mol. The van der Waals surface area contributed by atoms with Crippen LogP contribution in [0.25, 0.3) is 0 Å². The zero-order chi connectivity index (χ0) is 18.5. The first kappa shape index (κ1) is 23.6. The van der Waals surface area contributed by atoms with Crippen LogP contribution in [0.1, 0.15) is 25.5 Å². The van der Waals surface area contributed by atoms with Gasteiger partial charge in [0.25, 0.3) is 0 Å². The van der Waals surface area contributed by atoms with Crippen LogP contribution in [0.3, 0.4) is 0 Å². The van der Waals surface area contributed by atoms with Crippen molar-refractivity contribution < 1.29 is 27.2 Å². The molecule has 0 heterocycles. The van der Waals surface area contributed by atoms with Crippen LogP contribution < -0.4 is 14.2 Å². The highest BCUT2D eigenvalue weighted by Gasteiger charge is 2.22. The van der Waals surface area contributed by atoms with Crippen LogP contribution in [0.15, 0.2) is 18.2 Å². The molecule has 1 rings (SSSR count). The number of aliphatic hydroxyl groups excluding tert-OH is 1. The maximum absolute atomic E-state index is 11.9. The van der Waals surface area contributed by atoms with Crippen LogP contribution in [0.4, 0.5) is 0 Å². The van der Waals surface area contributed by atoms with E-state index in [2.05, 4.69) is 5.32 Å². The third-order valence-corrected chi connectivity index (χ3v) is 4.36. The lowest BCUT2D eigenvalue weighted by molar-refractivity contribution is -0.137. The van der Waals surface area contributed by atoms with Crippen LogP contribution in [-0.4, -0.2) is 51.5 Å². The van der Waals surface area contributed by atoms with Crippen molar-refractivity contribution in [1.82, 2.24) is 9.62 Å². The second-order valence-electron chi connectivity index (χ2n) is 5.68. The molecule has 25 heavy (non-hydrogen) atoms. The lowest BCUT2D eigenvalue weighted by Gasteiger charge is -2.17. The molecule has 8 nitrogen and oxygen atoms in total. The highest BCUT2D eigenvalue weighted by Crippen LogP contribution is 2.32. The molecule has 144 valence electrons. The fourth-order valence-electron chi connectivity index (χ4n) is 1.61. The molecular weight excluding hydrogens is 372 g/mol. The molecule has 1 unspecified atom stereocenters. The van der Waals surface area contributed by atoms with Crippen LogP contribution in [0, 0.1) is 5.92 Å². The lowest BCUT2D eigenvalue weighted by atomic mass is 10.1. The number of ether oxygens (including phenoxy) is 1. The third kappa shape index (κ3) is 6.79. The average Bonchev–Trinajstić information content (AvgIpc) is 2.48. The standard InChI is InChI=1S/C15H24N2O6S.ClH/c1-10(2)15(19)22-14-8-11(12(18)9-16-3)6-7-13(14)23-24(20,21)17(4)5;/h6-8,10,12,16,18H,9H2,1-5H3;1H. The molecule has 0 saturated heterocycles. The normalized spacial score (nSPS) is 12.6. The van der Waals surface area contributed by atoms with Gasteiger partial charge in [-0.25, -0.2) is 0 Å². The van der Waals surface area contributed by atoms with Gasteiger partial charge in [-0.15, -0.1) is 12.4 Å². The van der Waals surface area contributed by atoms with Crippen molar-refractivity contribution in [3.63, 3.8) is 0 Å². The Morgan fingerprint density at radius 1 is 1.28 bits per heavy atom. The molecule has 0 fully saturated rings. The van der Waals surface area contributed by atoms with Crippen molar-refractivity contribution in [3.05, 3.63) is 23.8 Å². The Bertz CT molecular complexity index is 679. The number of hydrogen-bond acceptors (Lipinski definition) is 7. The highest BCUT2D eigenvalue weighted by atomic mass is 35.5. The number of rotatable bonds is 8. The summed E-state index contributed by atoms with van der Waals surface area (Å²) in [5.74, 6) is -1.14. The summed E-state index contributed by atoms with van der Waals surface area (Å²) >= 11 is 0. The van der Waals surface area contributed by atoms with Gasteiger partial charge in [-0.05, 0) is 24.7 Å². The van der Waals surface area contributed by atoms with E-state index in [1.165, 1.54) is 32.3 Å². The van der Waals surface area contributed by atoms with Gasteiger partial charge in [0, 0.05) is 20.6 Å². The van der Waals surface area contributed by atoms with E-state index in [9.17, 15) is 18.3 Å². The van der Waals surface area contributed by atoms with Gasteiger partial charge in [-0.1, -0.05) is 19.9 Å². The summed E-state index contributed by atoms with van der Waals surface area (Å²) in [5, 5.41) is 12.9.